The van der Waals surface area contributed by atoms with E-state index in [1.807, 2.05) is 24.3 Å². The molecule has 136 valence electrons. The van der Waals surface area contributed by atoms with Crippen molar-refractivity contribution in [2.24, 2.45) is 0 Å². The third-order valence-electron chi connectivity index (χ3n) is 3.64. The molecule has 0 aliphatic carbocycles. The highest BCUT2D eigenvalue weighted by molar-refractivity contribution is 9.10. The number of nitrogens with zero attached hydrogens (tertiary/aromatic N) is 2. The molecule has 1 aromatic heterocycles. The second-order valence-electron chi connectivity index (χ2n) is 5.48. The standard InChI is InChI=1S/C17H16BrN3O4S/c1-11-8-14(6-7-15(11)24-2)26(22,23)19-10-16-20-17(21-25-16)12-4-3-5-13(18)9-12/h3-9,19H,10H2,1-2H3. The van der Waals surface area contributed by atoms with Crippen molar-refractivity contribution in [3.63, 3.8) is 0 Å². The average Bonchev–Trinajstić information content (AvgIpc) is 3.09. The summed E-state index contributed by atoms with van der Waals surface area (Å²) in [5.74, 6) is 1.19. The minimum Gasteiger partial charge on any atom is -0.496 e. The molecule has 0 saturated heterocycles. The molecule has 3 rings (SSSR count). The minimum atomic E-state index is -3.71. The summed E-state index contributed by atoms with van der Waals surface area (Å²) >= 11 is 3.38. The third kappa shape index (κ3) is 4.12. The monoisotopic (exact) mass is 437 g/mol. The number of halogens is 1. The SMILES string of the molecule is COc1ccc(S(=O)(=O)NCc2nc(-c3cccc(Br)c3)no2)cc1C. The van der Waals surface area contributed by atoms with Crippen LogP contribution in [0.4, 0.5) is 0 Å². The van der Waals surface area contributed by atoms with Crippen LogP contribution in [0.3, 0.4) is 0 Å². The quantitative estimate of drug-likeness (QED) is 0.635. The molecule has 0 spiro atoms. The van der Waals surface area contributed by atoms with Crippen LogP contribution < -0.4 is 9.46 Å². The molecule has 9 heteroatoms. The Hall–Kier alpha value is -2.23. The first-order valence-electron chi connectivity index (χ1n) is 7.62. The van der Waals surface area contributed by atoms with Crippen molar-refractivity contribution in [2.45, 2.75) is 18.4 Å². The second-order valence-corrected chi connectivity index (χ2v) is 8.16. The van der Waals surface area contributed by atoms with Gasteiger partial charge in [0.25, 0.3) is 0 Å². The van der Waals surface area contributed by atoms with E-state index in [0.717, 1.165) is 15.6 Å². The lowest BCUT2D eigenvalue weighted by atomic mass is 10.2. The number of hydrogen-bond acceptors (Lipinski definition) is 6. The van der Waals surface area contributed by atoms with Crippen LogP contribution in [0.1, 0.15) is 11.5 Å². The van der Waals surface area contributed by atoms with Gasteiger partial charge in [0.05, 0.1) is 18.6 Å². The van der Waals surface area contributed by atoms with Crippen molar-refractivity contribution in [3.05, 3.63) is 58.4 Å². The molecule has 0 aliphatic rings. The number of ether oxygens (including phenoxy) is 1. The van der Waals surface area contributed by atoms with Gasteiger partial charge >= 0.3 is 0 Å². The van der Waals surface area contributed by atoms with Gasteiger partial charge in [-0.15, -0.1) is 0 Å². The molecule has 0 radical (unpaired) electrons. The highest BCUT2D eigenvalue weighted by Gasteiger charge is 2.17. The molecule has 0 bridgehead atoms. The van der Waals surface area contributed by atoms with Gasteiger partial charge in [-0.05, 0) is 42.8 Å². The zero-order valence-corrected chi connectivity index (χ0v) is 16.5. The van der Waals surface area contributed by atoms with E-state index in [0.29, 0.717) is 11.6 Å². The van der Waals surface area contributed by atoms with E-state index in [1.165, 1.54) is 13.2 Å². The van der Waals surface area contributed by atoms with Crippen LogP contribution in [-0.4, -0.2) is 25.7 Å². The molecule has 0 saturated carbocycles. The lowest BCUT2D eigenvalue weighted by Crippen LogP contribution is -2.23. The van der Waals surface area contributed by atoms with Crippen LogP contribution in [0, 0.1) is 6.92 Å². The third-order valence-corrected chi connectivity index (χ3v) is 5.53. The molecule has 2 aromatic carbocycles. The molecule has 0 aliphatic heterocycles. The van der Waals surface area contributed by atoms with E-state index in [4.69, 9.17) is 9.26 Å². The molecule has 0 fully saturated rings. The Morgan fingerprint density at radius 1 is 1.23 bits per heavy atom. The summed E-state index contributed by atoms with van der Waals surface area (Å²) < 4.78 is 38.5. The number of aromatic nitrogens is 2. The Balaban J connectivity index is 1.73. The zero-order chi connectivity index (χ0) is 18.7. The Morgan fingerprint density at radius 2 is 2.04 bits per heavy atom. The fourth-order valence-corrected chi connectivity index (χ4v) is 3.79. The highest BCUT2D eigenvalue weighted by Crippen LogP contribution is 2.22. The maximum atomic E-state index is 12.4. The first-order chi connectivity index (χ1) is 12.4. The lowest BCUT2D eigenvalue weighted by molar-refractivity contribution is 0.376. The molecule has 1 N–H and O–H groups in total. The maximum Gasteiger partial charge on any atom is 0.242 e. The van der Waals surface area contributed by atoms with Crippen LogP contribution in [-0.2, 0) is 16.6 Å². The number of rotatable bonds is 6. The number of aryl methyl sites for hydroxylation is 1. The van der Waals surface area contributed by atoms with Crippen molar-refractivity contribution in [1.82, 2.24) is 14.9 Å². The summed E-state index contributed by atoms with van der Waals surface area (Å²) in [5, 5.41) is 3.88. The summed E-state index contributed by atoms with van der Waals surface area (Å²) in [6.45, 7) is 1.68. The number of nitrogens with one attached hydrogen (secondary N) is 1. The van der Waals surface area contributed by atoms with Crippen molar-refractivity contribution in [3.8, 4) is 17.1 Å². The fraction of sp³-hybridized carbons (Fsp3) is 0.176. The van der Waals surface area contributed by atoms with Gasteiger partial charge < -0.3 is 9.26 Å². The Kier molecular flexibility index (Phi) is 5.40. The Morgan fingerprint density at radius 3 is 2.73 bits per heavy atom. The number of benzene rings is 2. The molecule has 3 aromatic rings. The van der Waals surface area contributed by atoms with Gasteiger partial charge in [-0.25, -0.2) is 13.1 Å². The second kappa shape index (κ2) is 7.56. The summed E-state index contributed by atoms with van der Waals surface area (Å²) in [7, 11) is -2.17. The normalized spacial score (nSPS) is 11.5. The van der Waals surface area contributed by atoms with Crippen LogP contribution in [0.5, 0.6) is 5.75 Å². The van der Waals surface area contributed by atoms with Gasteiger partial charge in [0.1, 0.15) is 5.75 Å². The molecule has 0 atom stereocenters. The van der Waals surface area contributed by atoms with Crippen LogP contribution >= 0.6 is 15.9 Å². The largest absolute Gasteiger partial charge is 0.496 e. The van der Waals surface area contributed by atoms with E-state index in [2.05, 4.69) is 30.8 Å². The first-order valence-corrected chi connectivity index (χ1v) is 9.89. The van der Waals surface area contributed by atoms with Crippen LogP contribution in [0.2, 0.25) is 0 Å². The van der Waals surface area contributed by atoms with Gasteiger partial charge in [0, 0.05) is 10.0 Å². The molecule has 7 nitrogen and oxygen atoms in total. The number of hydrogen-bond donors (Lipinski definition) is 1. The lowest BCUT2D eigenvalue weighted by Gasteiger charge is -2.08. The topological polar surface area (TPSA) is 94.3 Å². The summed E-state index contributed by atoms with van der Waals surface area (Å²) in [5.41, 5.74) is 1.49. The molecular weight excluding hydrogens is 422 g/mol. The van der Waals surface area contributed by atoms with Crippen LogP contribution in [0.15, 0.2) is 56.4 Å². The highest BCUT2D eigenvalue weighted by atomic mass is 79.9. The predicted octanol–water partition coefficient (Wildman–Crippen LogP) is 3.29. The van der Waals surface area contributed by atoms with Crippen molar-refractivity contribution in [1.29, 1.82) is 0 Å². The van der Waals surface area contributed by atoms with Gasteiger partial charge in [0.15, 0.2) is 0 Å². The minimum absolute atomic E-state index is 0.103. The first kappa shape index (κ1) is 18.6. The molecule has 1 heterocycles. The van der Waals surface area contributed by atoms with E-state index < -0.39 is 10.0 Å². The predicted molar refractivity (Wildman–Crippen MR) is 99.2 cm³/mol. The van der Waals surface area contributed by atoms with Gasteiger partial charge in [-0.2, -0.15) is 4.98 Å². The van der Waals surface area contributed by atoms with Gasteiger partial charge in [-0.1, -0.05) is 33.2 Å². The smallest absolute Gasteiger partial charge is 0.242 e. The Labute approximate surface area is 159 Å². The summed E-state index contributed by atoms with van der Waals surface area (Å²) in [6.07, 6.45) is 0. The van der Waals surface area contributed by atoms with E-state index in [1.54, 1.807) is 19.1 Å². The van der Waals surface area contributed by atoms with Crippen molar-refractivity contribution < 1.29 is 17.7 Å². The summed E-state index contributed by atoms with van der Waals surface area (Å²) in [6, 6.07) is 12.1. The van der Waals surface area contributed by atoms with Gasteiger partial charge in [0.2, 0.25) is 21.7 Å². The average molecular weight is 438 g/mol. The fourth-order valence-electron chi connectivity index (χ4n) is 2.33. The molecule has 26 heavy (non-hydrogen) atoms. The summed E-state index contributed by atoms with van der Waals surface area (Å²) in [4.78, 5) is 4.36. The molecular formula is C17H16BrN3O4S. The van der Waals surface area contributed by atoms with E-state index >= 15 is 0 Å². The Bertz CT molecular complexity index is 1030. The molecule has 0 unspecified atom stereocenters. The number of sulfonamides is 1. The molecule has 0 amide bonds. The van der Waals surface area contributed by atoms with Gasteiger partial charge in [-0.3, -0.25) is 0 Å². The van der Waals surface area contributed by atoms with Crippen LogP contribution in [0.25, 0.3) is 11.4 Å². The van der Waals surface area contributed by atoms with Crippen molar-refractivity contribution in [2.75, 3.05) is 7.11 Å². The van der Waals surface area contributed by atoms with E-state index in [-0.39, 0.29) is 17.3 Å². The number of methoxy groups -OCH3 is 1. The maximum absolute atomic E-state index is 12.4. The van der Waals surface area contributed by atoms with E-state index in [9.17, 15) is 8.42 Å². The van der Waals surface area contributed by atoms with Crippen molar-refractivity contribution >= 4 is 26.0 Å². The zero-order valence-electron chi connectivity index (χ0n) is 14.1.